The van der Waals surface area contributed by atoms with E-state index in [4.69, 9.17) is 23.2 Å². The van der Waals surface area contributed by atoms with Crippen molar-refractivity contribution in [3.05, 3.63) is 11.5 Å². The SMILES string of the molecule is CC1CCCC(B(/C(=C/CCl)CCl)C2CCCC(C)C2C)C1C. The molecule has 0 heterocycles. The van der Waals surface area contributed by atoms with E-state index in [1.54, 1.807) is 0 Å². The van der Waals surface area contributed by atoms with E-state index in [0.717, 1.165) is 35.3 Å². The smallest absolute Gasteiger partial charge is 0.123 e. The normalized spacial score (nSPS) is 39.3. The van der Waals surface area contributed by atoms with E-state index in [0.29, 0.717) is 18.5 Å². The first-order valence-corrected chi connectivity index (χ1v) is 10.9. The average Bonchev–Trinajstić information content (AvgIpc) is 2.54. The highest BCUT2D eigenvalue weighted by atomic mass is 35.5. The first kappa shape index (κ1) is 19.7. The first-order valence-electron chi connectivity index (χ1n) is 9.82. The van der Waals surface area contributed by atoms with Crippen molar-refractivity contribution in [2.45, 2.75) is 77.9 Å². The highest BCUT2D eigenvalue weighted by Gasteiger charge is 2.44. The number of alkyl halides is 2. The molecule has 0 aromatic rings. The van der Waals surface area contributed by atoms with Crippen LogP contribution in [0.5, 0.6) is 0 Å². The molecule has 3 heteroatoms. The Kier molecular flexibility index (Phi) is 7.87. The van der Waals surface area contributed by atoms with Crippen molar-refractivity contribution < 1.29 is 0 Å². The van der Waals surface area contributed by atoms with Crippen molar-refractivity contribution in [1.29, 1.82) is 0 Å². The zero-order valence-electron chi connectivity index (χ0n) is 15.5. The molecule has 0 N–H and O–H groups in total. The Labute approximate surface area is 154 Å². The largest absolute Gasteiger partial charge is 0.178 e. The topological polar surface area (TPSA) is 0 Å². The molecule has 2 aliphatic rings. The fourth-order valence-electron chi connectivity index (χ4n) is 5.51. The summed E-state index contributed by atoms with van der Waals surface area (Å²) in [4.78, 5) is 0. The average molecular weight is 357 g/mol. The lowest BCUT2D eigenvalue weighted by Crippen LogP contribution is -2.42. The van der Waals surface area contributed by atoms with Gasteiger partial charge in [0, 0.05) is 11.8 Å². The van der Waals surface area contributed by atoms with Crippen LogP contribution in [0.25, 0.3) is 0 Å². The number of hydrogen-bond donors (Lipinski definition) is 0. The Hall–Kier alpha value is 0.385. The lowest BCUT2D eigenvalue weighted by Gasteiger charge is -2.46. The summed E-state index contributed by atoms with van der Waals surface area (Å²) in [5.74, 6) is 6.16. The summed E-state index contributed by atoms with van der Waals surface area (Å²) in [7, 11) is 0. The van der Waals surface area contributed by atoms with E-state index < -0.39 is 0 Å². The predicted octanol–water partition coefficient (Wildman–Crippen LogP) is 7.08. The van der Waals surface area contributed by atoms with Gasteiger partial charge in [-0.25, -0.2) is 0 Å². The molecule has 0 nitrogen and oxygen atoms in total. The second-order valence-corrected chi connectivity index (χ2v) is 9.03. The summed E-state index contributed by atoms with van der Waals surface area (Å²) in [6.45, 7) is 10.5. The molecular weight excluding hydrogens is 322 g/mol. The van der Waals surface area contributed by atoms with Crippen LogP contribution in [-0.2, 0) is 0 Å². The van der Waals surface area contributed by atoms with Crippen molar-refractivity contribution in [3.63, 3.8) is 0 Å². The quantitative estimate of drug-likeness (QED) is 0.364. The summed E-state index contributed by atoms with van der Waals surface area (Å²) in [6, 6.07) is 0. The van der Waals surface area contributed by atoms with Crippen LogP contribution in [0.4, 0.5) is 0 Å². The van der Waals surface area contributed by atoms with Crippen LogP contribution >= 0.6 is 23.2 Å². The maximum atomic E-state index is 6.42. The van der Waals surface area contributed by atoms with Gasteiger partial charge in [0.25, 0.3) is 0 Å². The minimum Gasteiger partial charge on any atom is -0.123 e. The van der Waals surface area contributed by atoms with Crippen LogP contribution in [0.2, 0.25) is 11.6 Å². The molecule has 0 aromatic heterocycles. The number of hydrogen-bond acceptors (Lipinski definition) is 0. The molecule has 2 aliphatic carbocycles. The third kappa shape index (κ3) is 4.52. The van der Waals surface area contributed by atoms with Crippen molar-refractivity contribution >= 4 is 29.9 Å². The summed E-state index contributed by atoms with van der Waals surface area (Å²) < 4.78 is 0. The van der Waals surface area contributed by atoms with Gasteiger partial charge in [-0.05, 0) is 23.7 Å². The number of rotatable bonds is 5. The molecule has 0 radical (unpaired) electrons. The van der Waals surface area contributed by atoms with E-state index in [1.807, 2.05) is 0 Å². The van der Waals surface area contributed by atoms with Crippen LogP contribution in [0.15, 0.2) is 11.5 Å². The summed E-state index contributed by atoms with van der Waals surface area (Å²) in [6.07, 6.45) is 10.6. The Morgan fingerprint density at radius 2 is 1.35 bits per heavy atom. The van der Waals surface area contributed by atoms with Crippen molar-refractivity contribution in [2.75, 3.05) is 11.8 Å². The van der Waals surface area contributed by atoms with Crippen molar-refractivity contribution in [2.24, 2.45) is 23.7 Å². The van der Waals surface area contributed by atoms with Gasteiger partial charge in [-0.3, -0.25) is 0 Å². The van der Waals surface area contributed by atoms with Crippen LogP contribution < -0.4 is 0 Å². The van der Waals surface area contributed by atoms with Crippen molar-refractivity contribution in [1.82, 2.24) is 0 Å². The first-order chi connectivity index (χ1) is 11.0. The van der Waals surface area contributed by atoms with Gasteiger partial charge in [-0.15, -0.1) is 23.2 Å². The third-order valence-electron chi connectivity index (χ3n) is 7.38. The number of allylic oxidation sites excluding steroid dienone is 2. The van der Waals surface area contributed by atoms with Crippen LogP contribution in [-0.4, -0.2) is 18.5 Å². The zero-order valence-corrected chi connectivity index (χ0v) is 17.0. The van der Waals surface area contributed by atoms with E-state index in [2.05, 4.69) is 33.8 Å². The summed E-state index contributed by atoms with van der Waals surface area (Å²) >= 11 is 12.5. The van der Waals surface area contributed by atoms with Gasteiger partial charge in [-0.1, -0.05) is 89.4 Å². The molecule has 0 bridgehead atoms. The standard InChI is InChI=1S/C20H35BCl2/c1-14-7-5-9-19(16(14)3)21(18(13-23)11-12-22)20-10-6-8-15(2)17(20)4/h11,14-17,19-20H,5-10,12-13H2,1-4H3/b18-11+. The molecule has 0 amide bonds. The molecule has 0 spiro atoms. The van der Waals surface area contributed by atoms with Gasteiger partial charge in [0.15, 0.2) is 6.71 Å². The van der Waals surface area contributed by atoms with E-state index in [-0.39, 0.29) is 0 Å². The molecule has 132 valence electrons. The van der Waals surface area contributed by atoms with Crippen LogP contribution in [0.3, 0.4) is 0 Å². The zero-order chi connectivity index (χ0) is 17.0. The fraction of sp³-hybridized carbons (Fsp3) is 0.900. The molecule has 6 atom stereocenters. The minimum atomic E-state index is 0.603. The van der Waals surface area contributed by atoms with Gasteiger partial charge in [0.05, 0.1) is 0 Å². The van der Waals surface area contributed by atoms with E-state index in [9.17, 15) is 0 Å². The molecular formula is C20H35BCl2. The molecule has 0 saturated heterocycles. The van der Waals surface area contributed by atoms with Gasteiger partial charge in [0.2, 0.25) is 0 Å². The Morgan fingerprint density at radius 1 is 0.870 bits per heavy atom. The van der Waals surface area contributed by atoms with Gasteiger partial charge in [0.1, 0.15) is 0 Å². The summed E-state index contributed by atoms with van der Waals surface area (Å²) in [5, 5.41) is 0. The van der Waals surface area contributed by atoms with Gasteiger partial charge < -0.3 is 0 Å². The maximum absolute atomic E-state index is 6.42. The van der Waals surface area contributed by atoms with Gasteiger partial charge in [-0.2, -0.15) is 0 Å². The van der Waals surface area contributed by atoms with Gasteiger partial charge >= 0.3 is 0 Å². The predicted molar refractivity (Wildman–Crippen MR) is 107 cm³/mol. The van der Waals surface area contributed by atoms with E-state index >= 15 is 0 Å². The molecule has 6 unspecified atom stereocenters. The Morgan fingerprint density at radius 3 is 1.74 bits per heavy atom. The van der Waals surface area contributed by atoms with Crippen molar-refractivity contribution in [3.8, 4) is 0 Å². The Bertz CT molecular complexity index is 369. The molecule has 0 aliphatic heterocycles. The fourth-order valence-corrected chi connectivity index (χ4v) is 5.99. The monoisotopic (exact) mass is 356 g/mol. The molecule has 2 fully saturated rings. The van der Waals surface area contributed by atoms with Crippen LogP contribution in [0, 0.1) is 23.7 Å². The second-order valence-electron chi connectivity index (χ2n) is 8.46. The lowest BCUT2D eigenvalue weighted by atomic mass is 9.24. The van der Waals surface area contributed by atoms with E-state index in [1.165, 1.54) is 44.0 Å². The highest BCUT2D eigenvalue weighted by Crippen LogP contribution is 2.51. The lowest BCUT2D eigenvalue weighted by molar-refractivity contribution is 0.250. The third-order valence-corrected chi connectivity index (χ3v) is 7.85. The molecule has 0 aromatic carbocycles. The highest BCUT2D eigenvalue weighted by molar-refractivity contribution is 6.71. The molecule has 23 heavy (non-hydrogen) atoms. The molecule has 2 rings (SSSR count). The van der Waals surface area contributed by atoms with Crippen LogP contribution in [0.1, 0.15) is 66.2 Å². The minimum absolute atomic E-state index is 0.603. The maximum Gasteiger partial charge on any atom is 0.178 e. The molecule has 2 saturated carbocycles. The number of halogens is 2. The second kappa shape index (κ2) is 9.18. The Balaban J connectivity index is 2.32. The summed E-state index contributed by atoms with van der Waals surface area (Å²) in [5.41, 5.74) is 1.44.